The molecule has 0 N–H and O–H groups in total. The zero-order valence-electron chi connectivity index (χ0n) is 16.8. The van der Waals surface area contributed by atoms with E-state index in [9.17, 15) is 9.59 Å². The first kappa shape index (κ1) is 18.6. The van der Waals surface area contributed by atoms with Crippen LogP contribution in [0.2, 0.25) is 0 Å². The van der Waals surface area contributed by atoms with Gasteiger partial charge in [-0.1, -0.05) is 66.7 Å². The number of fused-ring (bicyclic) bond motifs is 2. The minimum atomic E-state index is -0.0287. The number of hydrogen-bond donors (Lipinski definition) is 0. The molecule has 5 rings (SSSR count). The molecule has 0 radical (unpaired) electrons. The van der Waals surface area contributed by atoms with Crippen LogP contribution in [-0.2, 0) is 16.0 Å². The molecule has 3 aromatic rings. The second-order valence-electron chi connectivity index (χ2n) is 7.96. The van der Waals surface area contributed by atoms with Crippen LogP contribution < -0.4 is 9.80 Å². The molecule has 0 saturated carbocycles. The maximum atomic E-state index is 13.4. The molecule has 3 aromatic carbocycles. The standard InChI is InChI=1S/C26H24N2O2/c29-25-15-14-20-10-4-6-12-23(20)28(25)18-26(30)27-17-16-21(19-8-2-1-3-9-19)22-11-5-7-13-24(22)27/h1-13,21H,14-18H2. The lowest BCUT2D eigenvalue weighted by molar-refractivity contribution is -0.122. The molecule has 4 nitrogen and oxygen atoms in total. The van der Waals surface area contributed by atoms with E-state index in [0.29, 0.717) is 13.0 Å². The van der Waals surface area contributed by atoms with Crippen molar-refractivity contribution in [3.8, 4) is 0 Å². The Morgan fingerprint density at radius 2 is 1.53 bits per heavy atom. The molecule has 2 aliphatic rings. The largest absolute Gasteiger partial charge is 0.311 e. The average molecular weight is 396 g/mol. The van der Waals surface area contributed by atoms with E-state index in [2.05, 4.69) is 30.3 Å². The van der Waals surface area contributed by atoms with Gasteiger partial charge in [0.15, 0.2) is 0 Å². The van der Waals surface area contributed by atoms with Crippen LogP contribution in [0.1, 0.15) is 35.4 Å². The Labute approximate surface area is 176 Å². The second-order valence-corrected chi connectivity index (χ2v) is 7.96. The van der Waals surface area contributed by atoms with Gasteiger partial charge >= 0.3 is 0 Å². The quantitative estimate of drug-likeness (QED) is 0.652. The topological polar surface area (TPSA) is 40.6 Å². The minimum absolute atomic E-state index is 0.0227. The summed E-state index contributed by atoms with van der Waals surface area (Å²) in [5.74, 6) is 0.275. The molecule has 2 aliphatic heterocycles. The van der Waals surface area contributed by atoms with E-state index >= 15 is 0 Å². The van der Waals surface area contributed by atoms with Gasteiger partial charge < -0.3 is 9.80 Å². The second kappa shape index (κ2) is 7.79. The zero-order valence-corrected chi connectivity index (χ0v) is 16.8. The lowest BCUT2D eigenvalue weighted by Gasteiger charge is -2.36. The fraction of sp³-hybridized carbons (Fsp3) is 0.231. The number of para-hydroxylation sites is 2. The van der Waals surface area contributed by atoms with Crippen LogP contribution in [0.5, 0.6) is 0 Å². The Kier molecular flexibility index (Phi) is 4.83. The predicted molar refractivity (Wildman–Crippen MR) is 119 cm³/mol. The van der Waals surface area contributed by atoms with Crippen molar-refractivity contribution in [2.24, 2.45) is 0 Å². The van der Waals surface area contributed by atoms with Gasteiger partial charge in [0.2, 0.25) is 11.8 Å². The van der Waals surface area contributed by atoms with Gasteiger partial charge in [0.25, 0.3) is 0 Å². The van der Waals surface area contributed by atoms with Gasteiger partial charge in [-0.05, 0) is 41.7 Å². The molecule has 1 unspecified atom stereocenters. The van der Waals surface area contributed by atoms with Crippen molar-refractivity contribution in [3.05, 3.63) is 95.6 Å². The summed E-state index contributed by atoms with van der Waals surface area (Å²) in [6, 6.07) is 26.5. The third-order valence-electron chi connectivity index (χ3n) is 6.23. The van der Waals surface area contributed by atoms with Crippen LogP contribution in [0.3, 0.4) is 0 Å². The summed E-state index contributed by atoms with van der Waals surface area (Å²) in [6.45, 7) is 0.735. The first-order valence-corrected chi connectivity index (χ1v) is 10.5. The number of anilines is 2. The average Bonchev–Trinajstić information content (AvgIpc) is 2.80. The minimum Gasteiger partial charge on any atom is -0.311 e. The molecule has 2 amide bonds. The molecular formula is C26H24N2O2. The third kappa shape index (κ3) is 3.28. The summed E-state index contributed by atoms with van der Waals surface area (Å²) in [6.07, 6.45) is 2.07. The fourth-order valence-electron chi connectivity index (χ4n) is 4.74. The molecule has 2 heterocycles. The number of carbonyl (C=O) groups excluding carboxylic acids is 2. The number of aryl methyl sites for hydroxylation is 1. The summed E-state index contributed by atoms with van der Waals surface area (Å²) < 4.78 is 0. The van der Waals surface area contributed by atoms with Crippen molar-refractivity contribution < 1.29 is 9.59 Å². The smallest absolute Gasteiger partial charge is 0.247 e. The maximum absolute atomic E-state index is 13.4. The Balaban J connectivity index is 1.43. The van der Waals surface area contributed by atoms with Crippen LogP contribution in [-0.4, -0.2) is 24.9 Å². The molecule has 0 bridgehead atoms. The van der Waals surface area contributed by atoms with Crippen molar-refractivity contribution in [1.82, 2.24) is 0 Å². The molecule has 30 heavy (non-hydrogen) atoms. The molecular weight excluding hydrogens is 372 g/mol. The van der Waals surface area contributed by atoms with Gasteiger partial charge in [0, 0.05) is 30.3 Å². The highest BCUT2D eigenvalue weighted by atomic mass is 16.2. The number of carbonyl (C=O) groups is 2. The number of rotatable bonds is 3. The number of nitrogens with zero attached hydrogens (tertiary/aromatic N) is 2. The lowest BCUT2D eigenvalue weighted by Crippen LogP contribution is -2.46. The van der Waals surface area contributed by atoms with Crippen molar-refractivity contribution in [1.29, 1.82) is 0 Å². The molecule has 150 valence electrons. The maximum Gasteiger partial charge on any atom is 0.247 e. The Hall–Kier alpha value is -3.40. The van der Waals surface area contributed by atoms with E-state index in [4.69, 9.17) is 0 Å². The van der Waals surface area contributed by atoms with E-state index in [1.54, 1.807) is 4.90 Å². The zero-order chi connectivity index (χ0) is 20.5. The predicted octanol–water partition coefficient (Wildman–Crippen LogP) is 4.53. The lowest BCUT2D eigenvalue weighted by atomic mass is 9.84. The molecule has 0 fully saturated rings. The summed E-state index contributed by atoms with van der Waals surface area (Å²) in [5, 5.41) is 0. The fourth-order valence-corrected chi connectivity index (χ4v) is 4.74. The van der Waals surface area contributed by atoms with Crippen LogP contribution in [0.15, 0.2) is 78.9 Å². The molecule has 0 aliphatic carbocycles. The van der Waals surface area contributed by atoms with E-state index in [1.807, 2.05) is 53.4 Å². The van der Waals surface area contributed by atoms with E-state index < -0.39 is 0 Å². The van der Waals surface area contributed by atoms with Crippen LogP contribution in [0, 0.1) is 0 Å². The van der Waals surface area contributed by atoms with Crippen molar-refractivity contribution in [3.63, 3.8) is 0 Å². The Morgan fingerprint density at radius 1 is 0.833 bits per heavy atom. The SMILES string of the molecule is O=C1CCc2ccccc2N1CC(=O)N1CCC(c2ccccc2)c2ccccc21. The third-order valence-corrected chi connectivity index (χ3v) is 6.23. The van der Waals surface area contributed by atoms with Gasteiger partial charge in [-0.15, -0.1) is 0 Å². The normalized spacial score (nSPS) is 18.0. The number of hydrogen-bond acceptors (Lipinski definition) is 2. The highest BCUT2D eigenvalue weighted by molar-refractivity contribution is 6.05. The molecule has 0 spiro atoms. The van der Waals surface area contributed by atoms with Gasteiger partial charge in [-0.2, -0.15) is 0 Å². The van der Waals surface area contributed by atoms with Crippen LogP contribution >= 0.6 is 0 Å². The Bertz CT molecular complexity index is 1090. The first-order chi connectivity index (χ1) is 14.7. The van der Waals surface area contributed by atoms with E-state index in [1.165, 1.54) is 11.1 Å². The summed E-state index contributed by atoms with van der Waals surface area (Å²) in [5.41, 5.74) is 5.41. The summed E-state index contributed by atoms with van der Waals surface area (Å²) >= 11 is 0. The highest BCUT2D eigenvalue weighted by Crippen LogP contribution is 2.39. The first-order valence-electron chi connectivity index (χ1n) is 10.5. The number of amides is 2. The monoisotopic (exact) mass is 396 g/mol. The summed E-state index contributed by atoms with van der Waals surface area (Å²) in [4.78, 5) is 29.5. The van der Waals surface area contributed by atoms with E-state index in [0.717, 1.165) is 29.8 Å². The molecule has 0 aromatic heterocycles. The van der Waals surface area contributed by atoms with E-state index in [-0.39, 0.29) is 24.3 Å². The van der Waals surface area contributed by atoms with Gasteiger partial charge in [0.05, 0.1) is 0 Å². The van der Waals surface area contributed by atoms with Crippen molar-refractivity contribution in [2.75, 3.05) is 22.9 Å². The number of benzene rings is 3. The van der Waals surface area contributed by atoms with Gasteiger partial charge in [-0.25, -0.2) is 0 Å². The van der Waals surface area contributed by atoms with Crippen molar-refractivity contribution in [2.45, 2.75) is 25.2 Å². The Morgan fingerprint density at radius 3 is 2.37 bits per heavy atom. The van der Waals surface area contributed by atoms with Gasteiger partial charge in [-0.3, -0.25) is 9.59 Å². The molecule has 1 atom stereocenters. The highest BCUT2D eigenvalue weighted by Gasteiger charge is 2.32. The van der Waals surface area contributed by atoms with Crippen LogP contribution in [0.4, 0.5) is 11.4 Å². The summed E-state index contributed by atoms with van der Waals surface area (Å²) in [7, 11) is 0. The molecule has 0 saturated heterocycles. The molecule has 4 heteroatoms. The van der Waals surface area contributed by atoms with Crippen LogP contribution in [0.25, 0.3) is 0 Å². The van der Waals surface area contributed by atoms with Gasteiger partial charge in [0.1, 0.15) is 6.54 Å². The van der Waals surface area contributed by atoms with Crippen molar-refractivity contribution >= 4 is 23.2 Å².